The van der Waals surface area contributed by atoms with Crippen molar-refractivity contribution >= 4 is 5.91 Å². The molecule has 2 atom stereocenters. The third-order valence-electron chi connectivity index (χ3n) is 5.02. The van der Waals surface area contributed by atoms with Gasteiger partial charge < -0.3 is 11.1 Å². The number of rotatable bonds is 4. The minimum atomic E-state index is -4.51. The van der Waals surface area contributed by atoms with Crippen molar-refractivity contribution < 1.29 is 18.0 Å². The Morgan fingerprint density at radius 1 is 1.32 bits per heavy atom. The maximum absolute atomic E-state index is 13.0. The maximum Gasteiger partial charge on any atom is 0.416 e. The van der Waals surface area contributed by atoms with Gasteiger partial charge in [-0.25, -0.2) is 4.68 Å². The molecule has 1 heterocycles. The number of aryl methyl sites for hydroxylation is 1. The van der Waals surface area contributed by atoms with Crippen LogP contribution in [0, 0.1) is 12.8 Å². The molecule has 0 spiro atoms. The summed E-state index contributed by atoms with van der Waals surface area (Å²) in [7, 11) is 0. The van der Waals surface area contributed by atoms with Gasteiger partial charge in [0.25, 0.3) is 5.91 Å². The summed E-state index contributed by atoms with van der Waals surface area (Å²) in [5, 5.41) is 6.85. The van der Waals surface area contributed by atoms with Crippen LogP contribution >= 0.6 is 0 Å². The summed E-state index contributed by atoms with van der Waals surface area (Å²) in [6, 6.07) is 5.61. The number of hydrogen-bond acceptors (Lipinski definition) is 4. The highest BCUT2D eigenvalue weighted by atomic mass is 19.4. The molecular formula is C19H21F3N4O2. The fourth-order valence-corrected chi connectivity index (χ4v) is 3.53. The van der Waals surface area contributed by atoms with Crippen LogP contribution in [-0.4, -0.2) is 28.3 Å². The van der Waals surface area contributed by atoms with Crippen molar-refractivity contribution in [1.29, 1.82) is 0 Å². The second-order valence-electron chi connectivity index (χ2n) is 6.97. The van der Waals surface area contributed by atoms with E-state index in [0.29, 0.717) is 12.2 Å². The zero-order valence-electron chi connectivity index (χ0n) is 15.3. The third-order valence-corrected chi connectivity index (χ3v) is 5.02. The Labute approximate surface area is 159 Å². The lowest BCUT2D eigenvalue weighted by molar-refractivity contribution is -0.137. The van der Waals surface area contributed by atoms with E-state index in [0.717, 1.165) is 31.4 Å². The topological polar surface area (TPSA) is 90.0 Å². The molecule has 1 aliphatic carbocycles. The highest BCUT2D eigenvalue weighted by Crippen LogP contribution is 2.30. The zero-order chi connectivity index (χ0) is 20.5. The van der Waals surface area contributed by atoms with E-state index in [-0.39, 0.29) is 23.3 Å². The van der Waals surface area contributed by atoms with E-state index in [9.17, 15) is 22.8 Å². The highest BCUT2D eigenvalue weighted by Gasteiger charge is 2.31. The van der Waals surface area contributed by atoms with E-state index in [1.807, 2.05) is 0 Å². The molecule has 1 aliphatic rings. The zero-order valence-corrected chi connectivity index (χ0v) is 15.3. The first-order valence-corrected chi connectivity index (χ1v) is 9.00. The van der Waals surface area contributed by atoms with Crippen LogP contribution in [0.5, 0.6) is 0 Å². The lowest BCUT2D eigenvalue weighted by Crippen LogP contribution is -2.42. The Bertz CT molecular complexity index is 940. The van der Waals surface area contributed by atoms with Crippen LogP contribution in [0.25, 0.3) is 5.69 Å². The third kappa shape index (κ3) is 4.09. The molecule has 3 rings (SSSR count). The molecule has 1 aromatic carbocycles. The molecule has 6 nitrogen and oxygen atoms in total. The monoisotopic (exact) mass is 394 g/mol. The Kier molecular flexibility index (Phi) is 5.55. The summed E-state index contributed by atoms with van der Waals surface area (Å²) in [5.41, 5.74) is 4.37. The lowest BCUT2D eigenvalue weighted by atomic mass is 10.0. The molecule has 0 bridgehead atoms. The number of aromatic nitrogens is 2. The van der Waals surface area contributed by atoms with Crippen LogP contribution in [-0.2, 0) is 6.18 Å². The van der Waals surface area contributed by atoms with E-state index in [4.69, 9.17) is 5.73 Å². The number of halogens is 3. The average molecular weight is 394 g/mol. The van der Waals surface area contributed by atoms with Gasteiger partial charge >= 0.3 is 6.18 Å². The fraction of sp³-hybridized carbons (Fsp3) is 0.421. The van der Waals surface area contributed by atoms with E-state index >= 15 is 0 Å². The number of alkyl halides is 3. The van der Waals surface area contributed by atoms with E-state index in [2.05, 4.69) is 10.4 Å². The number of hydrogen-bond donors (Lipinski definition) is 2. The van der Waals surface area contributed by atoms with Gasteiger partial charge in [0.1, 0.15) is 0 Å². The highest BCUT2D eigenvalue weighted by molar-refractivity contribution is 5.92. The quantitative estimate of drug-likeness (QED) is 0.833. The molecule has 2 unspecified atom stereocenters. The second-order valence-corrected chi connectivity index (χ2v) is 6.97. The number of benzene rings is 1. The SMILES string of the molecule is Cc1cc(=O)c(C(=O)NC2CCCC2CN)nn1-c1cccc(C(F)(F)F)c1. The molecule has 0 radical (unpaired) electrons. The minimum Gasteiger partial charge on any atom is -0.347 e. The first-order chi connectivity index (χ1) is 13.2. The van der Waals surface area contributed by atoms with E-state index in [1.165, 1.54) is 29.8 Å². The molecule has 150 valence electrons. The van der Waals surface area contributed by atoms with Crippen molar-refractivity contribution in [3.8, 4) is 5.69 Å². The summed E-state index contributed by atoms with van der Waals surface area (Å²) < 4.78 is 40.2. The van der Waals surface area contributed by atoms with Crippen LogP contribution in [0.15, 0.2) is 35.1 Å². The summed E-state index contributed by atoms with van der Waals surface area (Å²) in [6.45, 7) is 1.97. The molecule has 2 aromatic rings. The van der Waals surface area contributed by atoms with Crippen molar-refractivity contribution in [2.24, 2.45) is 11.7 Å². The number of nitrogens with one attached hydrogen (secondary N) is 1. The Balaban J connectivity index is 1.95. The molecule has 1 amide bonds. The molecule has 1 saturated carbocycles. The smallest absolute Gasteiger partial charge is 0.347 e. The van der Waals surface area contributed by atoms with Crippen LogP contribution in [0.4, 0.5) is 13.2 Å². The first kappa shape index (κ1) is 20.1. The van der Waals surface area contributed by atoms with Gasteiger partial charge in [-0.05, 0) is 50.4 Å². The van der Waals surface area contributed by atoms with Crippen molar-refractivity contribution in [3.63, 3.8) is 0 Å². The Morgan fingerprint density at radius 2 is 2.07 bits per heavy atom. The number of carbonyl (C=O) groups is 1. The van der Waals surface area contributed by atoms with Crippen molar-refractivity contribution in [1.82, 2.24) is 15.1 Å². The average Bonchev–Trinajstić information content (AvgIpc) is 3.08. The minimum absolute atomic E-state index is 0.113. The maximum atomic E-state index is 13.0. The summed E-state index contributed by atoms with van der Waals surface area (Å²) in [6.07, 6.45) is -1.91. The predicted molar refractivity (Wildman–Crippen MR) is 97.2 cm³/mol. The molecule has 28 heavy (non-hydrogen) atoms. The van der Waals surface area contributed by atoms with Gasteiger partial charge in [0.2, 0.25) is 5.43 Å². The summed E-state index contributed by atoms with van der Waals surface area (Å²) in [5.74, 6) is -0.504. The van der Waals surface area contributed by atoms with Crippen LogP contribution in [0.1, 0.15) is 41.0 Å². The predicted octanol–water partition coefficient (Wildman–Crippen LogP) is 2.42. The molecule has 0 saturated heterocycles. The van der Waals surface area contributed by atoms with Gasteiger partial charge in [-0.15, -0.1) is 0 Å². The van der Waals surface area contributed by atoms with Gasteiger partial charge in [-0.2, -0.15) is 18.3 Å². The van der Waals surface area contributed by atoms with Crippen LogP contribution in [0.3, 0.4) is 0 Å². The molecule has 0 aliphatic heterocycles. The van der Waals surface area contributed by atoms with Gasteiger partial charge in [0, 0.05) is 17.8 Å². The lowest BCUT2D eigenvalue weighted by Gasteiger charge is -2.19. The Hall–Kier alpha value is -2.68. The van der Waals surface area contributed by atoms with Crippen LogP contribution < -0.4 is 16.5 Å². The first-order valence-electron chi connectivity index (χ1n) is 9.00. The normalized spacial score (nSPS) is 19.6. The number of amides is 1. The summed E-state index contributed by atoms with van der Waals surface area (Å²) in [4.78, 5) is 24.9. The number of carbonyl (C=O) groups excluding carboxylic acids is 1. The van der Waals surface area contributed by atoms with E-state index in [1.54, 1.807) is 0 Å². The van der Waals surface area contributed by atoms with Gasteiger partial charge in [-0.3, -0.25) is 9.59 Å². The fourth-order valence-electron chi connectivity index (χ4n) is 3.53. The van der Waals surface area contributed by atoms with E-state index < -0.39 is 23.1 Å². The van der Waals surface area contributed by atoms with Crippen molar-refractivity contribution in [3.05, 3.63) is 57.5 Å². The molecule has 1 aromatic heterocycles. The molecule has 1 fully saturated rings. The molecular weight excluding hydrogens is 373 g/mol. The van der Waals surface area contributed by atoms with Crippen molar-refractivity contribution in [2.45, 2.75) is 38.4 Å². The van der Waals surface area contributed by atoms with Gasteiger partial charge in [0.15, 0.2) is 5.69 Å². The number of nitrogens with zero attached hydrogens (tertiary/aromatic N) is 2. The van der Waals surface area contributed by atoms with Crippen molar-refractivity contribution in [2.75, 3.05) is 6.54 Å². The Morgan fingerprint density at radius 3 is 2.75 bits per heavy atom. The van der Waals surface area contributed by atoms with Gasteiger partial charge in [0.05, 0.1) is 11.3 Å². The van der Waals surface area contributed by atoms with Gasteiger partial charge in [-0.1, -0.05) is 12.5 Å². The standard InChI is InChI=1S/C19H21F3N4O2/c1-11-8-16(27)17(18(28)24-15-7-2-4-12(15)10-23)25-26(11)14-6-3-5-13(9-14)19(20,21)22/h3,5-6,8-9,12,15H,2,4,7,10,23H2,1H3,(H,24,28). The largest absolute Gasteiger partial charge is 0.416 e. The van der Waals surface area contributed by atoms with Crippen LogP contribution in [0.2, 0.25) is 0 Å². The second kappa shape index (κ2) is 7.75. The number of nitrogens with two attached hydrogens (primary N) is 1. The summed E-state index contributed by atoms with van der Waals surface area (Å²) >= 11 is 0. The molecule has 3 N–H and O–H groups in total. The molecule has 9 heteroatoms.